The zero-order valence-corrected chi connectivity index (χ0v) is 44.5. The number of aromatic amines is 1. The number of nitrogens with two attached hydrogens (primary N) is 1. The molecule has 6 heterocycles. The number of piperazine rings is 1. The molecule has 7 N–H and O–H groups in total. The number of amides is 5. The van der Waals surface area contributed by atoms with Gasteiger partial charge in [0.2, 0.25) is 29.5 Å². The van der Waals surface area contributed by atoms with E-state index in [1.54, 1.807) is 17.7 Å². The number of piperidine rings is 1. The van der Waals surface area contributed by atoms with E-state index in [2.05, 4.69) is 45.7 Å². The molecule has 3 fully saturated rings. The minimum Gasteiger partial charge on any atom is -0.391 e. The van der Waals surface area contributed by atoms with Crippen LogP contribution in [0, 0.1) is 12.3 Å². The van der Waals surface area contributed by atoms with Crippen molar-refractivity contribution in [1.29, 1.82) is 0 Å². The molecule has 3 saturated heterocycles. The van der Waals surface area contributed by atoms with Crippen molar-refractivity contribution in [2.75, 3.05) is 57.3 Å². The molecule has 0 bridgehead atoms. The standard InChI is InChI=1S/C54H71ClN12O6S/c1-35-46(74-34-61-35)38-12-10-36(11-13-38)31-58-50(71)43-30-40(68)32-67(43)51(72)47(53(2,3)4)63-44(69)8-6-5-7-9-45(70)65-28-26-64(27-29-65)23-19-42(37-14-16-39(55)17-15-37)62-52(73)54(56)20-24-66(25-21-54)49-41-18-22-57-48(41)59-33-60-49/h10-18,22,33-34,40,42-43,47,68H,5-9,19-21,23-32,56H2,1-4H3,(H,58,71)(H,62,73)(H,63,69)(H,57,59,60)/t40-,42+,43+,47?/m1/s1. The van der Waals surface area contributed by atoms with Crippen molar-refractivity contribution in [1.82, 2.24) is 50.6 Å². The van der Waals surface area contributed by atoms with Crippen molar-refractivity contribution in [2.45, 2.75) is 122 Å². The number of halogens is 1. The lowest BCUT2D eigenvalue weighted by atomic mass is 9.85. The van der Waals surface area contributed by atoms with Gasteiger partial charge in [0.05, 0.1) is 39.2 Å². The van der Waals surface area contributed by atoms with Crippen LogP contribution in [0.2, 0.25) is 5.02 Å². The molecule has 20 heteroatoms. The van der Waals surface area contributed by atoms with E-state index < -0.39 is 35.0 Å². The summed E-state index contributed by atoms with van der Waals surface area (Å²) in [6.07, 6.45) is 6.63. The van der Waals surface area contributed by atoms with Crippen LogP contribution in [-0.4, -0.2) is 145 Å². The second-order valence-electron chi connectivity index (χ2n) is 21.2. The van der Waals surface area contributed by atoms with E-state index in [0.29, 0.717) is 95.8 Å². The van der Waals surface area contributed by atoms with Crippen molar-refractivity contribution in [2.24, 2.45) is 11.1 Å². The quantitative estimate of drug-likeness (QED) is 0.0564. The maximum absolute atomic E-state index is 14.1. The van der Waals surface area contributed by atoms with Gasteiger partial charge < -0.3 is 46.5 Å². The molecule has 0 aliphatic carbocycles. The Hall–Kier alpha value is -5.99. The molecule has 0 spiro atoms. The predicted molar refractivity (Wildman–Crippen MR) is 287 cm³/mol. The molecule has 4 atom stereocenters. The fourth-order valence-electron chi connectivity index (χ4n) is 10.2. The number of hydrogen-bond acceptors (Lipinski definition) is 13. The summed E-state index contributed by atoms with van der Waals surface area (Å²) >= 11 is 7.83. The van der Waals surface area contributed by atoms with Gasteiger partial charge >= 0.3 is 0 Å². The lowest BCUT2D eigenvalue weighted by molar-refractivity contribution is -0.144. The number of anilines is 1. The van der Waals surface area contributed by atoms with Gasteiger partial charge in [-0.3, -0.25) is 28.9 Å². The van der Waals surface area contributed by atoms with Crippen LogP contribution in [0.25, 0.3) is 21.5 Å². The van der Waals surface area contributed by atoms with Gasteiger partial charge in [-0.25, -0.2) is 15.0 Å². The van der Waals surface area contributed by atoms with Crippen LogP contribution in [0.4, 0.5) is 5.82 Å². The largest absolute Gasteiger partial charge is 0.391 e. The summed E-state index contributed by atoms with van der Waals surface area (Å²) in [7, 11) is 0. The Bertz CT molecular complexity index is 2730. The minimum absolute atomic E-state index is 0.00290. The predicted octanol–water partition coefficient (Wildman–Crippen LogP) is 5.49. The minimum atomic E-state index is -1.04. The monoisotopic (exact) mass is 1050 g/mol. The van der Waals surface area contributed by atoms with Crippen molar-refractivity contribution < 1.29 is 29.1 Å². The van der Waals surface area contributed by atoms with Gasteiger partial charge in [0, 0.05) is 89.4 Å². The first-order chi connectivity index (χ1) is 35.5. The number of fused-ring (bicyclic) bond motifs is 1. The van der Waals surface area contributed by atoms with Crippen LogP contribution in [0.1, 0.15) is 101 Å². The van der Waals surface area contributed by atoms with Crippen LogP contribution in [0.5, 0.6) is 0 Å². The summed E-state index contributed by atoms with van der Waals surface area (Å²) in [6.45, 7) is 12.3. The molecule has 396 valence electrons. The topological polar surface area (TPSA) is 235 Å². The average molecular weight is 1050 g/mol. The first-order valence-corrected chi connectivity index (χ1v) is 27.1. The summed E-state index contributed by atoms with van der Waals surface area (Å²) in [5.41, 5.74) is 11.6. The maximum atomic E-state index is 14.1. The number of H-pyrrole nitrogens is 1. The van der Waals surface area contributed by atoms with Crippen molar-refractivity contribution >= 4 is 69.3 Å². The molecule has 3 aliphatic rings. The summed E-state index contributed by atoms with van der Waals surface area (Å²) < 4.78 is 0. The van der Waals surface area contributed by atoms with Gasteiger partial charge in [0.1, 0.15) is 29.9 Å². The number of hydrogen-bond donors (Lipinski definition) is 6. The van der Waals surface area contributed by atoms with Crippen molar-refractivity contribution in [3.63, 3.8) is 0 Å². The Kier molecular flexibility index (Phi) is 17.7. The molecule has 74 heavy (non-hydrogen) atoms. The van der Waals surface area contributed by atoms with Gasteiger partial charge in [-0.15, -0.1) is 11.3 Å². The van der Waals surface area contributed by atoms with Crippen LogP contribution in [-0.2, 0) is 30.5 Å². The van der Waals surface area contributed by atoms with Crippen LogP contribution < -0.4 is 26.6 Å². The highest BCUT2D eigenvalue weighted by molar-refractivity contribution is 7.13. The third-order valence-corrected chi connectivity index (χ3v) is 16.0. The molecule has 5 aromatic rings. The number of aryl methyl sites for hydroxylation is 1. The molecule has 3 aromatic heterocycles. The Morgan fingerprint density at radius 1 is 0.905 bits per heavy atom. The summed E-state index contributed by atoms with van der Waals surface area (Å²) in [6, 6.07) is 15.3. The molecule has 8 rings (SSSR count). The maximum Gasteiger partial charge on any atom is 0.246 e. The second kappa shape index (κ2) is 24.1. The number of β-amino-alcohol motifs (C(OH)–C–C–N with tert-alkyl or cyclic N) is 1. The number of carbonyl (C=O) groups excluding carboxylic acids is 5. The fourth-order valence-corrected chi connectivity index (χ4v) is 11.2. The molecule has 0 radical (unpaired) electrons. The third-order valence-electron chi connectivity index (χ3n) is 14.8. The van der Waals surface area contributed by atoms with Crippen LogP contribution in [0.15, 0.2) is 72.6 Å². The number of rotatable bonds is 19. The summed E-state index contributed by atoms with van der Waals surface area (Å²) in [5, 5.41) is 21.4. The molecule has 18 nitrogen and oxygen atoms in total. The Morgan fingerprint density at radius 2 is 1.62 bits per heavy atom. The van der Waals surface area contributed by atoms with Gasteiger partial charge in [0.25, 0.3) is 0 Å². The SMILES string of the molecule is Cc1ncsc1-c1ccc(CNC(=O)[C@@H]2C[C@@H](O)CN2C(=O)C(NC(=O)CCCCCC(=O)N2CCN(CC[C@H](NC(=O)C3(N)CCN(c4ncnc5[nH]ccc45)CC3)c3ccc(Cl)cc3)CC2)C(C)(C)C)cc1. The van der Waals surface area contributed by atoms with E-state index in [1.165, 1.54) is 4.90 Å². The lowest BCUT2D eigenvalue weighted by Gasteiger charge is -2.39. The van der Waals surface area contributed by atoms with Gasteiger partial charge in [0.15, 0.2) is 0 Å². The zero-order chi connectivity index (χ0) is 52.6. The highest BCUT2D eigenvalue weighted by Gasteiger charge is 2.45. The third kappa shape index (κ3) is 13.5. The number of aliphatic hydroxyl groups excluding tert-OH is 1. The van der Waals surface area contributed by atoms with E-state index in [1.807, 2.05) is 98.9 Å². The van der Waals surface area contributed by atoms with Crippen LogP contribution in [0.3, 0.4) is 0 Å². The second-order valence-corrected chi connectivity index (χ2v) is 22.5. The van der Waals surface area contributed by atoms with E-state index >= 15 is 0 Å². The molecular weight excluding hydrogens is 980 g/mol. The summed E-state index contributed by atoms with van der Waals surface area (Å²) in [5.74, 6) is -0.311. The van der Waals surface area contributed by atoms with E-state index in [4.69, 9.17) is 17.3 Å². The number of benzene rings is 2. The molecule has 0 saturated carbocycles. The average Bonchev–Trinajstić information content (AvgIpc) is 4.16. The number of unbranched alkanes of at least 4 members (excludes halogenated alkanes) is 2. The number of aromatic nitrogens is 4. The van der Waals surface area contributed by atoms with Gasteiger partial charge in [-0.2, -0.15) is 0 Å². The molecular formula is C54H71ClN12O6S. The first-order valence-electron chi connectivity index (χ1n) is 25.9. The molecule has 1 unspecified atom stereocenters. The van der Waals surface area contributed by atoms with Gasteiger partial charge in [-0.1, -0.05) is 75.2 Å². The van der Waals surface area contributed by atoms with Gasteiger partial charge in [-0.05, 0) is 79.3 Å². The van der Waals surface area contributed by atoms with Crippen molar-refractivity contribution in [3.05, 3.63) is 94.5 Å². The molecule has 5 amide bonds. The Labute approximate surface area is 442 Å². The number of likely N-dealkylation sites (tertiary alicyclic amines) is 1. The summed E-state index contributed by atoms with van der Waals surface area (Å²) in [4.78, 5) is 93.4. The molecule has 3 aliphatic heterocycles. The normalized spacial score (nSPS) is 19.0. The highest BCUT2D eigenvalue weighted by atomic mass is 35.5. The lowest BCUT2D eigenvalue weighted by Crippen LogP contribution is -2.60. The smallest absolute Gasteiger partial charge is 0.246 e. The number of thiazole rings is 1. The Morgan fingerprint density at radius 3 is 2.31 bits per heavy atom. The van der Waals surface area contributed by atoms with E-state index in [-0.39, 0.29) is 55.6 Å². The van der Waals surface area contributed by atoms with E-state index in [9.17, 15) is 29.1 Å². The Balaban J connectivity index is 0.742. The number of carbonyl (C=O) groups is 5. The fraction of sp³-hybridized carbons (Fsp3) is 0.519. The highest BCUT2D eigenvalue weighted by Crippen LogP contribution is 2.31. The first kappa shape index (κ1) is 54.3. The van der Waals surface area contributed by atoms with Crippen LogP contribution >= 0.6 is 22.9 Å². The number of aliphatic hydroxyl groups is 1. The van der Waals surface area contributed by atoms with Crippen molar-refractivity contribution in [3.8, 4) is 10.4 Å². The number of nitrogens with one attached hydrogen (secondary N) is 4. The zero-order valence-electron chi connectivity index (χ0n) is 42.9. The number of nitrogens with zero attached hydrogens (tertiary/aromatic N) is 7. The van der Waals surface area contributed by atoms with E-state index in [0.717, 1.165) is 44.1 Å². The molecule has 2 aromatic carbocycles.